The average molecular weight is 342 g/mol. The number of fused-ring (bicyclic) bond motifs is 3. The van der Waals surface area contributed by atoms with E-state index in [1.54, 1.807) is 20.4 Å². The normalized spacial score (nSPS) is 12.6. The summed E-state index contributed by atoms with van der Waals surface area (Å²) in [5.74, 6) is -0.124. The maximum Gasteiger partial charge on any atom is 0.291 e. The van der Waals surface area contributed by atoms with Crippen molar-refractivity contribution in [3.8, 4) is 0 Å². The lowest BCUT2D eigenvalue weighted by molar-refractivity contribution is -0.124. The molecule has 1 amide bonds. The lowest BCUT2D eigenvalue weighted by Gasteiger charge is -2.19. The van der Waals surface area contributed by atoms with Crippen LogP contribution in [-0.2, 0) is 16.6 Å². The summed E-state index contributed by atoms with van der Waals surface area (Å²) in [5.41, 5.74) is 1.15. The lowest BCUT2D eigenvalue weighted by Crippen LogP contribution is -2.35. The van der Waals surface area contributed by atoms with Gasteiger partial charge < -0.3 is 14.6 Å². The Hall–Kier alpha value is -2.67. The minimum atomic E-state index is -0.477. The Balaban J connectivity index is 2.23. The van der Waals surface area contributed by atoms with Crippen LogP contribution in [-0.4, -0.2) is 40.5 Å². The van der Waals surface area contributed by atoms with E-state index in [4.69, 9.17) is 4.74 Å². The summed E-state index contributed by atoms with van der Waals surface area (Å²) in [5, 5.41) is 8.70. The van der Waals surface area contributed by atoms with Crippen LogP contribution in [0.1, 0.15) is 19.4 Å². The van der Waals surface area contributed by atoms with E-state index >= 15 is 0 Å². The molecule has 132 valence electrons. The van der Waals surface area contributed by atoms with Crippen molar-refractivity contribution in [1.29, 1.82) is 0 Å². The van der Waals surface area contributed by atoms with Crippen LogP contribution in [0.2, 0.25) is 0 Å². The highest BCUT2D eigenvalue weighted by Crippen LogP contribution is 2.30. The van der Waals surface area contributed by atoms with E-state index in [9.17, 15) is 9.59 Å². The fraction of sp³-hybridized carbons (Fsp3) is 0.389. The molecule has 0 spiro atoms. The van der Waals surface area contributed by atoms with Gasteiger partial charge in [0.15, 0.2) is 0 Å². The van der Waals surface area contributed by atoms with E-state index in [-0.39, 0.29) is 11.5 Å². The second kappa shape index (κ2) is 7.06. The molecule has 0 unspecified atom stereocenters. The van der Waals surface area contributed by atoms with Gasteiger partial charge in [0.2, 0.25) is 5.91 Å². The Morgan fingerprint density at radius 3 is 2.80 bits per heavy atom. The number of hydrogen-bond acceptors (Lipinski definition) is 4. The molecular weight excluding hydrogens is 320 g/mol. The quantitative estimate of drug-likeness (QED) is 0.690. The maximum absolute atomic E-state index is 12.7. The van der Waals surface area contributed by atoms with Crippen molar-refractivity contribution in [1.82, 2.24) is 19.7 Å². The van der Waals surface area contributed by atoms with Crippen molar-refractivity contribution >= 4 is 27.7 Å². The number of benzene rings is 1. The van der Waals surface area contributed by atoms with Crippen molar-refractivity contribution in [3.63, 3.8) is 0 Å². The van der Waals surface area contributed by atoms with E-state index in [1.807, 2.05) is 35.8 Å². The molecule has 0 aliphatic rings. The molecule has 25 heavy (non-hydrogen) atoms. The van der Waals surface area contributed by atoms with Gasteiger partial charge in [0.1, 0.15) is 11.6 Å². The van der Waals surface area contributed by atoms with Crippen molar-refractivity contribution in [2.75, 3.05) is 20.3 Å². The number of aromatic nitrogens is 3. The van der Waals surface area contributed by atoms with Gasteiger partial charge in [0, 0.05) is 31.5 Å². The van der Waals surface area contributed by atoms with Crippen LogP contribution < -0.4 is 10.9 Å². The van der Waals surface area contributed by atoms with Gasteiger partial charge in [-0.1, -0.05) is 25.1 Å². The maximum atomic E-state index is 12.7. The number of methoxy groups -OCH3 is 1. The third kappa shape index (κ3) is 2.91. The second-order valence-corrected chi connectivity index (χ2v) is 5.93. The van der Waals surface area contributed by atoms with Gasteiger partial charge in [0.25, 0.3) is 5.56 Å². The van der Waals surface area contributed by atoms with Crippen LogP contribution in [0.3, 0.4) is 0 Å². The summed E-state index contributed by atoms with van der Waals surface area (Å²) in [7, 11) is 3.20. The molecule has 2 aromatic heterocycles. The minimum absolute atomic E-state index is 0.124. The summed E-state index contributed by atoms with van der Waals surface area (Å²) < 4.78 is 8.13. The minimum Gasteiger partial charge on any atom is -0.383 e. The number of aryl methyl sites for hydroxylation is 1. The van der Waals surface area contributed by atoms with Gasteiger partial charge in [0.05, 0.1) is 18.3 Å². The third-order valence-corrected chi connectivity index (χ3v) is 4.41. The fourth-order valence-corrected chi connectivity index (χ4v) is 3.19. The molecule has 0 radical (unpaired) electrons. The van der Waals surface area contributed by atoms with Crippen LogP contribution in [0, 0.1) is 0 Å². The zero-order valence-electron chi connectivity index (χ0n) is 14.7. The van der Waals surface area contributed by atoms with Crippen LogP contribution >= 0.6 is 0 Å². The van der Waals surface area contributed by atoms with Crippen molar-refractivity contribution in [3.05, 3.63) is 40.8 Å². The third-order valence-electron chi connectivity index (χ3n) is 4.41. The zero-order valence-corrected chi connectivity index (χ0v) is 14.7. The van der Waals surface area contributed by atoms with E-state index in [2.05, 4.69) is 10.4 Å². The smallest absolute Gasteiger partial charge is 0.291 e. The zero-order chi connectivity index (χ0) is 18.0. The Kier molecular flexibility index (Phi) is 4.85. The van der Waals surface area contributed by atoms with Crippen LogP contribution in [0.4, 0.5) is 0 Å². The number of rotatable bonds is 6. The lowest BCUT2D eigenvalue weighted by atomic mass is 10.2. The number of nitrogens with one attached hydrogen (secondary N) is 1. The van der Waals surface area contributed by atoms with Crippen LogP contribution in [0.15, 0.2) is 35.3 Å². The van der Waals surface area contributed by atoms with E-state index in [0.717, 1.165) is 16.3 Å². The topological polar surface area (TPSA) is 78.2 Å². The summed E-state index contributed by atoms with van der Waals surface area (Å²) in [6.45, 7) is 2.82. The van der Waals surface area contributed by atoms with Gasteiger partial charge >= 0.3 is 0 Å². The van der Waals surface area contributed by atoms with E-state index < -0.39 is 6.04 Å². The highest BCUT2D eigenvalue weighted by molar-refractivity contribution is 6.08. The standard InChI is InChI=1S/C18H22N4O3/c1-4-14(17(23)19-9-10-25-3)22-15-8-6-5-7-12(15)13-11-20-21(2)18(24)16(13)22/h5-8,11,14H,4,9-10H2,1-3H3,(H,19,23)/t14-/m1/s1. The molecule has 7 nitrogen and oxygen atoms in total. The SMILES string of the molecule is CC[C@H](C(=O)NCCOC)n1c2ccccc2c2cnn(C)c(=O)c21. The largest absolute Gasteiger partial charge is 0.383 e. The molecule has 3 rings (SSSR count). The van der Waals surface area contributed by atoms with Crippen molar-refractivity contribution < 1.29 is 9.53 Å². The van der Waals surface area contributed by atoms with Gasteiger partial charge in [-0.15, -0.1) is 0 Å². The fourth-order valence-electron chi connectivity index (χ4n) is 3.19. The Bertz CT molecular complexity index is 974. The Morgan fingerprint density at radius 2 is 2.08 bits per heavy atom. The number of para-hydroxylation sites is 1. The first-order chi connectivity index (χ1) is 12.1. The molecule has 0 bridgehead atoms. The summed E-state index contributed by atoms with van der Waals surface area (Å²) in [6, 6.07) is 7.23. The molecule has 7 heteroatoms. The van der Waals surface area contributed by atoms with Crippen LogP contribution in [0.5, 0.6) is 0 Å². The number of hydrogen-bond donors (Lipinski definition) is 1. The summed E-state index contributed by atoms with van der Waals surface area (Å²) >= 11 is 0. The highest BCUT2D eigenvalue weighted by atomic mass is 16.5. The van der Waals surface area contributed by atoms with E-state index in [0.29, 0.717) is 25.1 Å². The summed E-state index contributed by atoms with van der Waals surface area (Å²) in [6.07, 6.45) is 2.25. The molecule has 0 saturated carbocycles. The summed E-state index contributed by atoms with van der Waals surface area (Å²) in [4.78, 5) is 25.5. The first-order valence-electron chi connectivity index (χ1n) is 8.31. The first kappa shape index (κ1) is 17.2. The van der Waals surface area contributed by atoms with Crippen molar-refractivity contribution in [2.45, 2.75) is 19.4 Å². The number of amides is 1. The van der Waals surface area contributed by atoms with Crippen molar-refractivity contribution in [2.24, 2.45) is 7.05 Å². The molecule has 0 aliphatic carbocycles. The molecule has 1 aromatic carbocycles. The molecule has 1 atom stereocenters. The van der Waals surface area contributed by atoms with Crippen LogP contribution in [0.25, 0.3) is 21.8 Å². The van der Waals surface area contributed by atoms with E-state index in [1.165, 1.54) is 4.68 Å². The van der Waals surface area contributed by atoms with Gasteiger partial charge in [-0.2, -0.15) is 5.10 Å². The van der Waals surface area contributed by atoms with Gasteiger partial charge in [-0.25, -0.2) is 4.68 Å². The number of carbonyl (C=O) groups excluding carboxylic acids is 1. The molecule has 0 fully saturated rings. The predicted octanol–water partition coefficient (Wildman–Crippen LogP) is 1.60. The Morgan fingerprint density at radius 1 is 1.32 bits per heavy atom. The molecule has 1 N–H and O–H groups in total. The van der Waals surface area contributed by atoms with Gasteiger partial charge in [-0.3, -0.25) is 9.59 Å². The predicted molar refractivity (Wildman–Crippen MR) is 96.7 cm³/mol. The number of ether oxygens (including phenoxy) is 1. The van der Waals surface area contributed by atoms with Gasteiger partial charge in [-0.05, 0) is 12.5 Å². The average Bonchev–Trinajstić information content (AvgIpc) is 2.94. The first-order valence-corrected chi connectivity index (χ1v) is 8.31. The molecular formula is C18H22N4O3. The molecule has 2 heterocycles. The molecule has 0 saturated heterocycles. The Labute approximate surface area is 145 Å². The molecule has 0 aliphatic heterocycles. The molecule has 3 aromatic rings. The second-order valence-electron chi connectivity index (χ2n) is 5.93. The number of carbonyl (C=O) groups is 1. The number of nitrogens with zero attached hydrogens (tertiary/aromatic N) is 3. The monoisotopic (exact) mass is 342 g/mol. The highest BCUT2D eigenvalue weighted by Gasteiger charge is 2.25.